The summed E-state index contributed by atoms with van der Waals surface area (Å²) in [6.07, 6.45) is 3.54. The number of H-pyrrole nitrogens is 1. The van der Waals surface area contributed by atoms with Crippen LogP contribution in [0.25, 0.3) is 0 Å². The number of carboxylic acids is 1. The van der Waals surface area contributed by atoms with Gasteiger partial charge in [-0.25, -0.2) is 4.79 Å². The van der Waals surface area contributed by atoms with E-state index < -0.39 is 23.0 Å². The largest absolute Gasteiger partial charge is 0.479 e. The van der Waals surface area contributed by atoms with E-state index in [0.29, 0.717) is 24.1 Å². The summed E-state index contributed by atoms with van der Waals surface area (Å²) in [6, 6.07) is 1.33. The molecule has 0 saturated carbocycles. The minimum atomic E-state index is -1.30. The van der Waals surface area contributed by atoms with Crippen molar-refractivity contribution in [2.75, 3.05) is 5.32 Å². The van der Waals surface area contributed by atoms with E-state index in [1.165, 1.54) is 37.0 Å². The van der Waals surface area contributed by atoms with Gasteiger partial charge in [-0.05, 0) is 31.7 Å². The summed E-state index contributed by atoms with van der Waals surface area (Å²) in [5.41, 5.74) is -1.18. The molecular formula is C19H22N4O5. The van der Waals surface area contributed by atoms with Gasteiger partial charge in [0, 0.05) is 23.9 Å². The molecule has 148 valence electrons. The minimum Gasteiger partial charge on any atom is -0.479 e. The number of hydrogen-bond acceptors (Lipinski definition) is 5. The van der Waals surface area contributed by atoms with Crippen LogP contribution in [0.15, 0.2) is 23.3 Å². The van der Waals surface area contributed by atoms with Crippen LogP contribution in [0, 0.1) is 5.41 Å². The highest BCUT2D eigenvalue weighted by atomic mass is 16.4. The average molecular weight is 386 g/mol. The summed E-state index contributed by atoms with van der Waals surface area (Å²) >= 11 is 0. The molecule has 2 aromatic heterocycles. The molecule has 0 radical (unpaired) electrons. The van der Waals surface area contributed by atoms with Crippen LogP contribution in [0.2, 0.25) is 0 Å². The van der Waals surface area contributed by atoms with Crippen molar-refractivity contribution in [3.8, 4) is 0 Å². The standard InChI is InChI=1S/C19H22N4O5/c1-18(2)6-13-11(14(24)7-18)5-12(16(26)22-13)15(25)21-10-8-20-23(9-10)19(3,4)17(27)28/h5,8-9H,6-7H2,1-4H3,(H,21,25)(H,22,26)(H,27,28). The van der Waals surface area contributed by atoms with Crippen LogP contribution in [0.5, 0.6) is 0 Å². The van der Waals surface area contributed by atoms with Gasteiger partial charge in [0.2, 0.25) is 0 Å². The maximum absolute atomic E-state index is 12.6. The molecule has 28 heavy (non-hydrogen) atoms. The van der Waals surface area contributed by atoms with E-state index in [9.17, 15) is 24.3 Å². The number of carbonyl (C=O) groups excluding carboxylic acids is 2. The third-order valence-corrected chi connectivity index (χ3v) is 4.90. The number of nitrogens with zero attached hydrogens (tertiary/aromatic N) is 2. The molecule has 2 heterocycles. The molecule has 1 amide bonds. The highest BCUT2D eigenvalue weighted by molar-refractivity contribution is 6.06. The first kappa shape index (κ1) is 19.5. The summed E-state index contributed by atoms with van der Waals surface area (Å²) < 4.78 is 1.20. The molecule has 3 rings (SSSR count). The predicted molar refractivity (Wildman–Crippen MR) is 101 cm³/mol. The number of fused-ring (bicyclic) bond motifs is 1. The maximum atomic E-state index is 12.6. The van der Waals surface area contributed by atoms with E-state index in [1.807, 2.05) is 13.8 Å². The Kier molecular flexibility index (Phi) is 4.49. The molecule has 0 bridgehead atoms. The van der Waals surface area contributed by atoms with Crippen LogP contribution in [0.3, 0.4) is 0 Å². The zero-order valence-electron chi connectivity index (χ0n) is 16.1. The first-order valence-corrected chi connectivity index (χ1v) is 8.80. The maximum Gasteiger partial charge on any atom is 0.331 e. The number of carbonyl (C=O) groups is 3. The van der Waals surface area contributed by atoms with E-state index in [1.54, 1.807) is 0 Å². The number of ketones is 1. The monoisotopic (exact) mass is 386 g/mol. The Hall–Kier alpha value is -3.23. The Morgan fingerprint density at radius 3 is 2.61 bits per heavy atom. The highest BCUT2D eigenvalue weighted by Crippen LogP contribution is 2.33. The number of amides is 1. The van der Waals surface area contributed by atoms with Crippen LogP contribution in [0.4, 0.5) is 5.69 Å². The number of nitrogens with one attached hydrogen (secondary N) is 2. The van der Waals surface area contributed by atoms with Crippen molar-refractivity contribution in [3.63, 3.8) is 0 Å². The van der Waals surface area contributed by atoms with Gasteiger partial charge in [0.1, 0.15) is 5.56 Å². The number of carboxylic acid groups (broad SMARTS) is 1. The van der Waals surface area contributed by atoms with Crippen LogP contribution >= 0.6 is 0 Å². The fraction of sp³-hybridized carbons (Fsp3) is 0.421. The molecule has 0 unspecified atom stereocenters. The molecule has 3 N–H and O–H groups in total. The summed E-state index contributed by atoms with van der Waals surface area (Å²) in [4.78, 5) is 51.3. The molecule has 1 aliphatic rings. The van der Waals surface area contributed by atoms with Gasteiger partial charge in [-0.1, -0.05) is 13.8 Å². The van der Waals surface area contributed by atoms with Gasteiger partial charge in [0.05, 0.1) is 11.9 Å². The van der Waals surface area contributed by atoms with Gasteiger partial charge < -0.3 is 15.4 Å². The molecule has 9 nitrogen and oxygen atoms in total. The van der Waals surface area contributed by atoms with Crippen molar-refractivity contribution < 1.29 is 19.5 Å². The second-order valence-corrected chi connectivity index (χ2v) is 8.34. The van der Waals surface area contributed by atoms with Crippen molar-refractivity contribution in [1.29, 1.82) is 0 Å². The van der Waals surface area contributed by atoms with Gasteiger partial charge in [-0.3, -0.25) is 19.1 Å². The summed E-state index contributed by atoms with van der Waals surface area (Å²) in [7, 11) is 0. The molecular weight excluding hydrogens is 364 g/mol. The quantitative estimate of drug-likeness (QED) is 0.733. The second kappa shape index (κ2) is 6.43. The number of rotatable bonds is 4. The molecule has 9 heteroatoms. The number of pyridine rings is 1. The SMILES string of the molecule is CC1(C)CC(=O)c2cc(C(=O)Nc3cnn(C(C)(C)C(=O)O)c3)c(=O)[nH]c2C1. The van der Waals surface area contributed by atoms with Gasteiger partial charge >= 0.3 is 5.97 Å². The number of aromatic nitrogens is 3. The van der Waals surface area contributed by atoms with E-state index >= 15 is 0 Å². The van der Waals surface area contributed by atoms with Gasteiger partial charge in [0.25, 0.3) is 11.5 Å². The van der Waals surface area contributed by atoms with Crippen molar-refractivity contribution in [2.45, 2.75) is 46.1 Å². The molecule has 0 aromatic carbocycles. The molecule has 0 spiro atoms. The summed E-state index contributed by atoms with van der Waals surface area (Å²) in [6.45, 7) is 6.83. The Bertz CT molecular complexity index is 1040. The number of aliphatic carboxylic acids is 1. The molecule has 0 atom stereocenters. The van der Waals surface area contributed by atoms with Gasteiger partial charge in [0.15, 0.2) is 11.3 Å². The summed E-state index contributed by atoms with van der Waals surface area (Å²) in [5, 5.41) is 15.7. The smallest absolute Gasteiger partial charge is 0.331 e. The zero-order chi connectivity index (χ0) is 20.9. The van der Waals surface area contributed by atoms with Gasteiger partial charge in [-0.15, -0.1) is 0 Å². The molecule has 0 fully saturated rings. The Balaban J connectivity index is 1.88. The first-order chi connectivity index (χ1) is 12.9. The lowest BCUT2D eigenvalue weighted by Gasteiger charge is -2.29. The Labute approximate surface area is 160 Å². The predicted octanol–water partition coefficient (Wildman–Crippen LogP) is 1.80. The van der Waals surface area contributed by atoms with Crippen LogP contribution in [0.1, 0.15) is 60.5 Å². The molecule has 2 aromatic rings. The van der Waals surface area contributed by atoms with Crippen molar-refractivity contribution in [2.24, 2.45) is 5.41 Å². The van der Waals surface area contributed by atoms with Crippen LogP contribution < -0.4 is 10.9 Å². The summed E-state index contributed by atoms with van der Waals surface area (Å²) in [5.74, 6) is -1.90. The highest BCUT2D eigenvalue weighted by Gasteiger charge is 2.33. The van der Waals surface area contributed by atoms with Crippen molar-refractivity contribution >= 4 is 23.3 Å². The topological polar surface area (TPSA) is 134 Å². The van der Waals surface area contributed by atoms with Crippen LogP contribution in [-0.2, 0) is 16.8 Å². The van der Waals surface area contributed by atoms with Crippen LogP contribution in [-0.4, -0.2) is 37.5 Å². The fourth-order valence-electron chi connectivity index (χ4n) is 3.19. The van der Waals surface area contributed by atoms with Gasteiger partial charge in [-0.2, -0.15) is 5.10 Å². The number of anilines is 1. The van der Waals surface area contributed by atoms with Crippen molar-refractivity contribution in [3.05, 3.63) is 45.6 Å². The number of Topliss-reactive ketones (excluding diaryl/α,β-unsaturated/α-hetero) is 1. The fourth-order valence-corrected chi connectivity index (χ4v) is 3.19. The number of aromatic amines is 1. The Morgan fingerprint density at radius 1 is 1.29 bits per heavy atom. The third kappa shape index (κ3) is 3.47. The van der Waals surface area contributed by atoms with E-state index in [0.717, 1.165) is 0 Å². The average Bonchev–Trinajstić information content (AvgIpc) is 3.02. The third-order valence-electron chi connectivity index (χ3n) is 4.90. The van der Waals surface area contributed by atoms with E-state index in [4.69, 9.17) is 0 Å². The lowest BCUT2D eigenvalue weighted by Crippen LogP contribution is -2.36. The lowest BCUT2D eigenvalue weighted by atomic mass is 9.75. The van der Waals surface area contributed by atoms with E-state index in [-0.39, 0.29) is 22.4 Å². The molecule has 1 aliphatic carbocycles. The second-order valence-electron chi connectivity index (χ2n) is 8.34. The normalized spacial score (nSPS) is 15.8. The van der Waals surface area contributed by atoms with Crippen molar-refractivity contribution in [1.82, 2.24) is 14.8 Å². The molecule has 0 aliphatic heterocycles. The first-order valence-electron chi connectivity index (χ1n) is 8.80. The van der Waals surface area contributed by atoms with E-state index in [2.05, 4.69) is 15.4 Å². The lowest BCUT2D eigenvalue weighted by molar-refractivity contribution is -0.146. The Morgan fingerprint density at radius 2 is 1.96 bits per heavy atom. The minimum absolute atomic E-state index is 0.118. The number of hydrogen-bond donors (Lipinski definition) is 3. The molecule has 0 saturated heterocycles. The zero-order valence-corrected chi connectivity index (χ0v) is 16.1.